The van der Waals surface area contributed by atoms with Crippen molar-refractivity contribution in [2.45, 2.75) is 6.54 Å². The maximum absolute atomic E-state index is 13.1. The summed E-state index contributed by atoms with van der Waals surface area (Å²) in [4.78, 5) is 44.4. The van der Waals surface area contributed by atoms with E-state index >= 15 is 0 Å². The lowest BCUT2D eigenvalue weighted by molar-refractivity contribution is -0.116. The Kier molecular flexibility index (Phi) is 4.94. The Hall–Kier alpha value is -3.99. The monoisotopic (exact) mass is 436 g/mol. The van der Waals surface area contributed by atoms with E-state index in [1.165, 1.54) is 21.8 Å². The number of nitrogens with zero attached hydrogens (tertiary/aromatic N) is 5. The minimum atomic E-state index is -0.486. The van der Waals surface area contributed by atoms with Crippen molar-refractivity contribution >= 4 is 39.5 Å². The fraction of sp³-hybridized carbons (Fsp3) is 0.286. The van der Waals surface area contributed by atoms with Crippen LogP contribution in [0.3, 0.4) is 0 Å². The zero-order chi connectivity index (χ0) is 22.2. The molecule has 0 unspecified atom stereocenters. The molecule has 1 aliphatic rings. The normalized spacial score (nSPS) is 14.2. The first-order chi connectivity index (χ1) is 15.5. The van der Waals surface area contributed by atoms with Gasteiger partial charge in [-0.05, 0) is 12.1 Å². The van der Waals surface area contributed by atoms with E-state index in [4.69, 9.17) is 9.15 Å². The highest BCUT2D eigenvalue weighted by Gasteiger charge is 2.27. The first kappa shape index (κ1) is 19.9. The molecule has 0 aliphatic carbocycles. The van der Waals surface area contributed by atoms with Crippen LogP contribution in [0, 0.1) is 0 Å². The molecule has 11 heteroatoms. The number of para-hydroxylation sites is 1. The molecule has 32 heavy (non-hydrogen) atoms. The van der Waals surface area contributed by atoms with Crippen molar-refractivity contribution in [1.82, 2.24) is 24.2 Å². The molecule has 1 aromatic carbocycles. The van der Waals surface area contributed by atoms with Crippen LogP contribution in [-0.2, 0) is 23.1 Å². The van der Waals surface area contributed by atoms with Gasteiger partial charge in [0.15, 0.2) is 5.65 Å². The Morgan fingerprint density at radius 1 is 1.16 bits per heavy atom. The van der Waals surface area contributed by atoms with Gasteiger partial charge in [0.1, 0.15) is 29.5 Å². The number of hydrogen-bond donors (Lipinski definition) is 1. The number of fused-ring (bicyclic) bond motifs is 2. The highest BCUT2D eigenvalue weighted by molar-refractivity contribution is 6.10. The minimum Gasteiger partial charge on any atom is -0.449 e. The van der Waals surface area contributed by atoms with Gasteiger partial charge in [0, 0.05) is 25.5 Å². The van der Waals surface area contributed by atoms with Crippen molar-refractivity contribution in [2.24, 2.45) is 7.05 Å². The minimum absolute atomic E-state index is 0.0506. The van der Waals surface area contributed by atoms with Gasteiger partial charge in [0.25, 0.3) is 11.5 Å². The number of benzene rings is 1. The molecule has 1 saturated heterocycles. The van der Waals surface area contributed by atoms with E-state index in [1.807, 2.05) is 0 Å². The van der Waals surface area contributed by atoms with E-state index in [9.17, 15) is 14.4 Å². The maximum atomic E-state index is 13.1. The fourth-order valence-electron chi connectivity index (χ4n) is 3.74. The van der Waals surface area contributed by atoms with Crippen LogP contribution < -0.4 is 10.9 Å². The second kappa shape index (κ2) is 7.93. The van der Waals surface area contributed by atoms with Crippen LogP contribution in [0.2, 0.25) is 0 Å². The van der Waals surface area contributed by atoms with Crippen molar-refractivity contribution in [3.63, 3.8) is 0 Å². The van der Waals surface area contributed by atoms with Gasteiger partial charge in [0.2, 0.25) is 11.7 Å². The van der Waals surface area contributed by atoms with Gasteiger partial charge < -0.3 is 19.4 Å². The average molecular weight is 436 g/mol. The molecular formula is C21H20N6O5. The molecule has 164 valence electrons. The molecule has 1 aliphatic heterocycles. The molecule has 0 bridgehead atoms. The third-order valence-corrected chi connectivity index (χ3v) is 5.38. The third kappa shape index (κ3) is 3.42. The Morgan fingerprint density at radius 3 is 2.75 bits per heavy atom. The molecule has 0 radical (unpaired) electrons. The number of aryl methyl sites for hydroxylation is 1. The zero-order valence-corrected chi connectivity index (χ0v) is 17.3. The molecule has 1 N–H and O–H groups in total. The molecule has 0 saturated carbocycles. The number of rotatable bonds is 4. The van der Waals surface area contributed by atoms with Crippen molar-refractivity contribution < 1.29 is 18.7 Å². The van der Waals surface area contributed by atoms with Crippen LogP contribution >= 0.6 is 0 Å². The van der Waals surface area contributed by atoms with E-state index in [-0.39, 0.29) is 29.5 Å². The van der Waals surface area contributed by atoms with Crippen molar-refractivity contribution in [1.29, 1.82) is 0 Å². The average Bonchev–Trinajstić information content (AvgIpc) is 3.37. The van der Waals surface area contributed by atoms with E-state index in [2.05, 4.69) is 15.4 Å². The number of hydrogen-bond acceptors (Lipinski definition) is 7. The Labute approximate surface area is 181 Å². The van der Waals surface area contributed by atoms with Crippen LogP contribution in [0.4, 0.5) is 5.69 Å². The predicted molar refractivity (Wildman–Crippen MR) is 114 cm³/mol. The van der Waals surface area contributed by atoms with Crippen molar-refractivity contribution in [3.8, 4) is 0 Å². The number of amides is 2. The molecule has 0 atom stereocenters. The third-order valence-electron chi connectivity index (χ3n) is 5.38. The number of nitrogens with one attached hydrogen (secondary N) is 1. The Morgan fingerprint density at radius 2 is 1.94 bits per heavy atom. The summed E-state index contributed by atoms with van der Waals surface area (Å²) in [5, 5.41) is 7.71. The summed E-state index contributed by atoms with van der Waals surface area (Å²) >= 11 is 0. The Bertz CT molecular complexity index is 1390. The molecule has 4 heterocycles. The zero-order valence-electron chi connectivity index (χ0n) is 17.3. The largest absolute Gasteiger partial charge is 0.449 e. The van der Waals surface area contributed by atoms with Gasteiger partial charge in [-0.1, -0.05) is 12.1 Å². The summed E-state index contributed by atoms with van der Waals surface area (Å²) in [6.45, 7) is 1.49. The molecule has 1 fully saturated rings. The number of morpholine rings is 1. The lowest BCUT2D eigenvalue weighted by Crippen LogP contribution is -2.40. The number of furan rings is 1. The highest BCUT2D eigenvalue weighted by Crippen LogP contribution is 2.32. The molecule has 0 spiro atoms. The molecular weight excluding hydrogens is 416 g/mol. The molecule has 2 amide bonds. The lowest BCUT2D eigenvalue weighted by Gasteiger charge is -2.26. The van der Waals surface area contributed by atoms with Gasteiger partial charge in [-0.25, -0.2) is 4.98 Å². The lowest BCUT2D eigenvalue weighted by atomic mass is 10.2. The van der Waals surface area contributed by atoms with Crippen LogP contribution in [0.15, 0.2) is 46.0 Å². The number of carbonyl (C=O) groups excluding carboxylic acids is 2. The summed E-state index contributed by atoms with van der Waals surface area (Å²) in [5.74, 6) is -0.759. The molecule has 5 rings (SSSR count). The number of ether oxygens (including phenoxy) is 1. The number of aromatic nitrogens is 4. The quantitative estimate of drug-likeness (QED) is 0.506. The van der Waals surface area contributed by atoms with E-state index < -0.39 is 5.91 Å². The standard InChI is InChI=1S/C21H20N6O5/c1-25-19-14(10-23-25)20(29)27(12-22-19)11-16(28)24-17-13-4-2-3-5-15(13)32-18(17)21(30)26-6-8-31-9-7-26/h2-5,10,12H,6-9,11H2,1H3,(H,24,28). The first-order valence-corrected chi connectivity index (χ1v) is 10.1. The van der Waals surface area contributed by atoms with Crippen LogP contribution in [0.5, 0.6) is 0 Å². The van der Waals surface area contributed by atoms with Crippen molar-refractivity contribution in [3.05, 3.63) is 52.9 Å². The van der Waals surface area contributed by atoms with E-state index in [1.54, 1.807) is 36.2 Å². The smallest absolute Gasteiger partial charge is 0.291 e. The van der Waals surface area contributed by atoms with Gasteiger partial charge in [-0.2, -0.15) is 5.10 Å². The summed E-state index contributed by atoms with van der Waals surface area (Å²) in [7, 11) is 1.68. The molecule has 11 nitrogen and oxygen atoms in total. The molecule has 3 aromatic heterocycles. The van der Waals surface area contributed by atoms with Gasteiger partial charge in [-0.15, -0.1) is 0 Å². The summed E-state index contributed by atoms with van der Waals surface area (Å²) in [5.41, 5.74) is 0.825. The van der Waals surface area contributed by atoms with Gasteiger partial charge >= 0.3 is 0 Å². The predicted octanol–water partition coefficient (Wildman–Crippen LogP) is 0.987. The van der Waals surface area contributed by atoms with E-state index in [0.29, 0.717) is 48.3 Å². The highest BCUT2D eigenvalue weighted by atomic mass is 16.5. The summed E-state index contributed by atoms with van der Waals surface area (Å²) in [6, 6.07) is 7.07. The maximum Gasteiger partial charge on any atom is 0.291 e. The Balaban J connectivity index is 1.45. The first-order valence-electron chi connectivity index (χ1n) is 10.1. The van der Waals surface area contributed by atoms with Crippen molar-refractivity contribution in [2.75, 3.05) is 31.6 Å². The van der Waals surface area contributed by atoms with Gasteiger partial charge in [0.05, 0.1) is 19.4 Å². The molecule has 4 aromatic rings. The summed E-state index contributed by atoms with van der Waals surface area (Å²) < 4.78 is 13.8. The topological polar surface area (TPSA) is 124 Å². The SMILES string of the molecule is Cn1ncc2c(=O)n(CC(=O)Nc3c(C(=O)N4CCOCC4)oc4ccccc34)cnc21. The number of anilines is 1. The number of carbonyl (C=O) groups is 2. The summed E-state index contributed by atoms with van der Waals surface area (Å²) in [6.07, 6.45) is 2.72. The van der Waals surface area contributed by atoms with Crippen LogP contribution in [0.25, 0.3) is 22.0 Å². The van der Waals surface area contributed by atoms with Crippen LogP contribution in [-0.4, -0.2) is 62.3 Å². The fourth-order valence-corrected chi connectivity index (χ4v) is 3.74. The van der Waals surface area contributed by atoms with E-state index in [0.717, 1.165) is 0 Å². The second-order valence-electron chi connectivity index (χ2n) is 7.44. The van der Waals surface area contributed by atoms with Crippen LogP contribution in [0.1, 0.15) is 10.6 Å². The second-order valence-corrected chi connectivity index (χ2v) is 7.44. The van der Waals surface area contributed by atoms with Gasteiger partial charge in [-0.3, -0.25) is 23.6 Å².